The Hall–Kier alpha value is -3.70. The van der Waals surface area contributed by atoms with Gasteiger partial charge in [0.15, 0.2) is 0 Å². The van der Waals surface area contributed by atoms with Crippen LogP contribution in [0.3, 0.4) is 0 Å². The van der Waals surface area contributed by atoms with E-state index in [1.807, 2.05) is 36.4 Å². The van der Waals surface area contributed by atoms with Gasteiger partial charge in [-0.1, -0.05) is 6.92 Å². The van der Waals surface area contributed by atoms with Gasteiger partial charge in [-0.2, -0.15) is 4.65 Å². The number of quaternary nitrogens is 1. The fourth-order valence-electron chi connectivity index (χ4n) is 3.95. The van der Waals surface area contributed by atoms with E-state index in [9.17, 15) is 15.1 Å². The average Bonchev–Trinajstić information content (AvgIpc) is 2.90. The first-order chi connectivity index (χ1) is 18.4. The van der Waals surface area contributed by atoms with Gasteiger partial charge in [0.05, 0.1) is 24.6 Å². The normalized spacial score (nSPS) is 14.7. The van der Waals surface area contributed by atoms with Gasteiger partial charge in [0, 0.05) is 42.6 Å². The number of allylic oxidation sites excluding steroid dienone is 2. The van der Waals surface area contributed by atoms with Crippen LogP contribution in [0, 0.1) is 0 Å². The van der Waals surface area contributed by atoms with Crippen molar-refractivity contribution in [1.29, 1.82) is 0 Å². The number of rotatable bonds is 15. The summed E-state index contributed by atoms with van der Waals surface area (Å²) in [6.07, 6.45) is 4.36. The number of carbonyl (C=O) groups excluding carboxylic acids is 1. The summed E-state index contributed by atoms with van der Waals surface area (Å²) in [5, 5.41) is 48.6. The Bertz CT molecular complexity index is 1140. The number of aliphatic hydroxyl groups is 3. The largest absolute Gasteiger partial charge is 0.506 e. The van der Waals surface area contributed by atoms with Crippen LogP contribution in [0.25, 0.3) is 0 Å². The quantitative estimate of drug-likeness (QED) is 0.0810. The Morgan fingerprint density at radius 1 is 0.816 bits per heavy atom. The van der Waals surface area contributed by atoms with Crippen molar-refractivity contribution in [2.45, 2.75) is 19.8 Å². The van der Waals surface area contributed by atoms with Crippen LogP contribution in [0.1, 0.15) is 19.8 Å². The highest BCUT2D eigenvalue weighted by Crippen LogP contribution is 2.22. The summed E-state index contributed by atoms with van der Waals surface area (Å²) in [7, 11) is 0. The zero-order chi connectivity index (χ0) is 27.4. The van der Waals surface area contributed by atoms with Crippen LogP contribution in [-0.4, -0.2) is 82.6 Å². The number of benzene rings is 2. The van der Waals surface area contributed by atoms with Gasteiger partial charge in [0.1, 0.15) is 31.1 Å². The first kappa shape index (κ1) is 28.9. The highest BCUT2D eigenvalue weighted by Gasteiger charge is 2.23. The molecule has 38 heavy (non-hydrogen) atoms. The number of hydroxylamine groups is 3. The number of carbonyl (C=O) groups is 1. The van der Waals surface area contributed by atoms with Crippen LogP contribution in [0.5, 0.6) is 0 Å². The van der Waals surface area contributed by atoms with Crippen LogP contribution < -0.4 is 16.0 Å². The first-order valence-electron chi connectivity index (χ1n) is 12.9. The van der Waals surface area contributed by atoms with Gasteiger partial charge in [-0.25, -0.2) is 10.2 Å². The van der Waals surface area contributed by atoms with E-state index in [2.05, 4.69) is 27.9 Å². The Kier molecular flexibility index (Phi) is 10.9. The number of hydrogen-bond acceptors (Lipinski definition) is 9. The van der Waals surface area contributed by atoms with Gasteiger partial charge in [0.25, 0.3) is 0 Å². The van der Waals surface area contributed by atoms with E-state index in [-0.39, 0.29) is 48.2 Å². The Balaban J connectivity index is 1.59. The van der Waals surface area contributed by atoms with Crippen molar-refractivity contribution < 1.29 is 30.0 Å². The lowest BCUT2D eigenvalue weighted by molar-refractivity contribution is -1.10. The molecule has 0 spiro atoms. The molecule has 0 unspecified atom stereocenters. The molecular weight excluding hydrogens is 486 g/mol. The summed E-state index contributed by atoms with van der Waals surface area (Å²) in [4.78, 5) is 16.9. The predicted octanol–water partition coefficient (Wildman–Crippen LogP) is 3.59. The fraction of sp³-hybridized carbons (Fsp3) is 0.357. The minimum absolute atomic E-state index is 0.148. The SMILES string of the molecule is CCCNc1ccc(NC2=CC(=Nc3ccc(NCCC[N+](O)(CCO)CCO)cc3)C(=O)C=C2O)cc1. The molecule has 204 valence electrons. The molecule has 3 rings (SSSR count). The van der Waals surface area contributed by atoms with Crippen molar-refractivity contribution >= 4 is 34.2 Å². The number of aliphatic imine (C=N–C) groups is 1. The molecule has 0 radical (unpaired) electrons. The van der Waals surface area contributed by atoms with Crippen LogP contribution in [-0.2, 0) is 4.79 Å². The number of ketones is 1. The van der Waals surface area contributed by atoms with E-state index in [4.69, 9.17) is 10.2 Å². The van der Waals surface area contributed by atoms with Crippen molar-refractivity contribution in [3.05, 3.63) is 72.1 Å². The van der Waals surface area contributed by atoms with E-state index in [1.54, 1.807) is 12.1 Å². The summed E-state index contributed by atoms with van der Waals surface area (Å²) in [5.74, 6) is -0.532. The third-order valence-corrected chi connectivity index (χ3v) is 6.05. The molecule has 2 aromatic rings. The molecule has 0 aliphatic heterocycles. The molecule has 1 aliphatic carbocycles. The van der Waals surface area contributed by atoms with Crippen molar-refractivity contribution in [3.63, 3.8) is 0 Å². The molecule has 0 aromatic heterocycles. The molecule has 0 atom stereocenters. The molecule has 0 saturated carbocycles. The molecule has 0 fully saturated rings. The highest BCUT2D eigenvalue weighted by molar-refractivity contribution is 6.49. The second kappa shape index (κ2) is 14.3. The molecular formula is C28H38N5O5+. The van der Waals surface area contributed by atoms with Gasteiger partial charge in [-0.05, 0) is 61.0 Å². The molecule has 0 amide bonds. The summed E-state index contributed by atoms with van der Waals surface area (Å²) in [5.41, 5.74) is 3.82. The van der Waals surface area contributed by atoms with Crippen molar-refractivity contribution in [2.75, 3.05) is 61.9 Å². The molecule has 0 heterocycles. The van der Waals surface area contributed by atoms with Crippen molar-refractivity contribution in [3.8, 4) is 0 Å². The molecule has 10 nitrogen and oxygen atoms in total. The van der Waals surface area contributed by atoms with Gasteiger partial charge in [-0.3, -0.25) is 4.79 Å². The third kappa shape index (κ3) is 8.70. The summed E-state index contributed by atoms with van der Waals surface area (Å²) in [6, 6.07) is 14.9. The topological polar surface area (TPSA) is 146 Å². The Labute approximate surface area is 223 Å². The minimum Gasteiger partial charge on any atom is -0.506 e. The van der Waals surface area contributed by atoms with Crippen molar-refractivity contribution in [1.82, 2.24) is 0 Å². The maximum absolute atomic E-state index is 12.5. The lowest BCUT2D eigenvalue weighted by atomic mass is 10.1. The van der Waals surface area contributed by atoms with E-state index < -0.39 is 0 Å². The van der Waals surface area contributed by atoms with E-state index in [0.29, 0.717) is 30.9 Å². The zero-order valence-corrected chi connectivity index (χ0v) is 21.7. The number of nitrogens with zero attached hydrogens (tertiary/aromatic N) is 2. The lowest BCUT2D eigenvalue weighted by Crippen LogP contribution is -2.49. The zero-order valence-electron chi connectivity index (χ0n) is 21.7. The number of nitrogens with one attached hydrogen (secondary N) is 3. The van der Waals surface area contributed by atoms with Gasteiger partial charge in [-0.15, -0.1) is 0 Å². The molecule has 0 saturated heterocycles. The van der Waals surface area contributed by atoms with Crippen LogP contribution in [0.4, 0.5) is 22.7 Å². The Morgan fingerprint density at radius 3 is 2.00 bits per heavy atom. The van der Waals surface area contributed by atoms with Crippen LogP contribution in [0.15, 0.2) is 77.1 Å². The van der Waals surface area contributed by atoms with Gasteiger partial charge in [0.2, 0.25) is 5.78 Å². The van der Waals surface area contributed by atoms with Crippen molar-refractivity contribution in [2.24, 2.45) is 4.99 Å². The predicted molar refractivity (Wildman–Crippen MR) is 150 cm³/mol. The molecule has 7 N–H and O–H groups in total. The maximum Gasteiger partial charge on any atom is 0.208 e. The van der Waals surface area contributed by atoms with E-state index in [0.717, 1.165) is 36.1 Å². The van der Waals surface area contributed by atoms with E-state index >= 15 is 0 Å². The third-order valence-electron chi connectivity index (χ3n) is 6.05. The molecule has 1 aliphatic rings. The standard InChI is InChI=1S/C28H37N5O5/c1-2-12-29-21-4-8-23(9-5-21)31-25-19-26(28(37)20-27(25)36)32-24-10-6-22(7-11-24)30-13-3-14-33(38,15-17-34)16-18-35/h4-11,19-20,34-35,38H,2-3,12-18H2,1H3,(H3-,29,30,31,32,36,37)/p+1. The molecule has 10 heteroatoms. The maximum atomic E-state index is 12.5. The monoisotopic (exact) mass is 524 g/mol. The second-order valence-electron chi connectivity index (χ2n) is 9.12. The summed E-state index contributed by atoms with van der Waals surface area (Å²) in [6.45, 7) is 4.05. The smallest absolute Gasteiger partial charge is 0.208 e. The van der Waals surface area contributed by atoms with Gasteiger partial charge >= 0.3 is 0 Å². The average molecular weight is 525 g/mol. The summed E-state index contributed by atoms with van der Waals surface area (Å²) < 4.78 is -0.366. The minimum atomic E-state index is -0.384. The molecule has 2 aromatic carbocycles. The lowest BCUT2D eigenvalue weighted by Gasteiger charge is -2.28. The second-order valence-corrected chi connectivity index (χ2v) is 9.12. The van der Waals surface area contributed by atoms with Crippen LogP contribution >= 0.6 is 0 Å². The van der Waals surface area contributed by atoms with E-state index in [1.165, 1.54) is 6.08 Å². The highest BCUT2D eigenvalue weighted by atomic mass is 16.5. The van der Waals surface area contributed by atoms with Gasteiger partial charge < -0.3 is 31.3 Å². The number of hydrogen-bond donors (Lipinski definition) is 7. The first-order valence-corrected chi connectivity index (χ1v) is 12.9. The van der Waals surface area contributed by atoms with Crippen LogP contribution in [0.2, 0.25) is 0 Å². The number of anilines is 3. The summed E-state index contributed by atoms with van der Waals surface area (Å²) >= 11 is 0. The fourth-order valence-corrected chi connectivity index (χ4v) is 3.95. The Morgan fingerprint density at radius 2 is 1.39 bits per heavy atom. The number of aliphatic hydroxyl groups excluding tert-OH is 3. The molecule has 0 bridgehead atoms.